The van der Waals surface area contributed by atoms with E-state index in [1.807, 2.05) is 11.4 Å². The summed E-state index contributed by atoms with van der Waals surface area (Å²) in [5.74, 6) is 0. The van der Waals surface area contributed by atoms with Gasteiger partial charge in [-0.05, 0) is 18.9 Å². The van der Waals surface area contributed by atoms with Crippen LogP contribution in [0.25, 0.3) is 0 Å². The molecule has 0 radical (unpaired) electrons. The van der Waals surface area contributed by atoms with Crippen LogP contribution in [0.2, 0.25) is 5.02 Å². The second kappa shape index (κ2) is 4.19. The highest BCUT2D eigenvalue weighted by molar-refractivity contribution is 7.10. The number of hydrogen-bond acceptors (Lipinski definition) is 3. The van der Waals surface area contributed by atoms with Crippen LogP contribution in [-0.2, 0) is 6.54 Å². The van der Waals surface area contributed by atoms with E-state index in [0.717, 1.165) is 31.0 Å². The molecule has 14 heavy (non-hydrogen) atoms. The fourth-order valence-electron chi connectivity index (χ4n) is 1.46. The Kier molecular flexibility index (Phi) is 3.12. The summed E-state index contributed by atoms with van der Waals surface area (Å²) < 4.78 is 0. The van der Waals surface area contributed by atoms with Crippen LogP contribution in [0.15, 0.2) is 11.4 Å². The Morgan fingerprint density at radius 2 is 2.36 bits per heavy atom. The molecule has 0 atom stereocenters. The van der Waals surface area contributed by atoms with Gasteiger partial charge in [-0.1, -0.05) is 11.6 Å². The molecule has 2 nitrogen and oxygen atoms in total. The van der Waals surface area contributed by atoms with Crippen molar-refractivity contribution in [3.05, 3.63) is 21.3 Å². The van der Waals surface area contributed by atoms with Crippen molar-refractivity contribution >= 4 is 22.9 Å². The highest BCUT2D eigenvalue weighted by Gasteiger charge is 2.41. The maximum absolute atomic E-state index is 9.10. The Morgan fingerprint density at radius 3 is 2.86 bits per heavy atom. The van der Waals surface area contributed by atoms with Gasteiger partial charge in [0.05, 0.1) is 5.02 Å². The number of hydrogen-bond donors (Lipinski definition) is 2. The average Bonchev–Trinajstić information content (AvgIpc) is 2.84. The number of halogens is 1. The molecule has 0 aromatic carbocycles. The summed E-state index contributed by atoms with van der Waals surface area (Å²) >= 11 is 7.48. The van der Waals surface area contributed by atoms with Crippen LogP contribution in [0.4, 0.5) is 0 Å². The van der Waals surface area contributed by atoms with Gasteiger partial charge in [0.2, 0.25) is 0 Å². The fourth-order valence-corrected chi connectivity index (χ4v) is 2.51. The molecule has 2 rings (SSSR count). The van der Waals surface area contributed by atoms with Crippen molar-refractivity contribution < 1.29 is 5.11 Å². The normalized spacial score (nSPS) is 18.4. The fraction of sp³-hybridized carbons (Fsp3) is 0.600. The van der Waals surface area contributed by atoms with E-state index in [2.05, 4.69) is 5.32 Å². The van der Waals surface area contributed by atoms with Crippen LogP contribution in [0.3, 0.4) is 0 Å². The molecule has 4 heteroatoms. The molecule has 0 saturated heterocycles. The van der Waals surface area contributed by atoms with Gasteiger partial charge in [-0.2, -0.15) is 0 Å². The van der Waals surface area contributed by atoms with Crippen LogP contribution in [0, 0.1) is 5.41 Å². The SMILES string of the molecule is OCC1(CNCc2cc(Cl)cs2)CC1. The first kappa shape index (κ1) is 10.4. The van der Waals surface area contributed by atoms with E-state index in [1.165, 1.54) is 4.88 Å². The average molecular weight is 232 g/mol. The first-order valence-corrected chi connectivity index (χ1v) is 6.04. The minimum atomic E-state index is 0.195. The molecular formula is C10H14ClNOS. The Bertz CT molecular complexity index is 309. The lowest BCUT2D eigenvalue weighted by Crippen LogP contribution is -2.25. The molecule has 1 heterocycles. The Labute approximate surface area is 92.9 Å². The summed E-state index contributed by atoms with van der Waals surface area (Å²) in [5.41, 5.74) is 0.195. The number of rotatable bonds is 5. The van der Waals surface area contributed by atoms with Gasteiger partial charge in [0.1, 0.15) is 0 Å². The van der Waals surface area contributed by atoms with E-state index in [-0.39, 0.29) is 5.41 Å². The van der Waals surface area contributed by atoms with Gasteiger partial charge >= 0.3 is 0 Å². The lowest BCUT2D eigenvalue weighted by Gasteiger charge is -2.11. The maximum Gasteiger partial charge on any atom is 0.0516 e. The van der Waals surface area contributed by atoms with Gasteiger partial charge in [0.15, 0.2) is 0 Å². The van der Waals surface area contributed by atoms with Crippen LogP contribution in [0.1, 0.15) is 17.7 Å². The Hall–Kier alpha value is -0.0900. The molecule has 0 bridgehead atoms. The zero-order chi connectivity index (χ0) is 10.0. The van der Waals surface area contributed by atoms with E-state index < -0.39 is 0 Å². The van der Waals surface area contributed by atoms with Crippen molar-refractivity contribution in [2.45, 2.75) is 19.4 Å². The summed E-state index contributed by atoms with van der Waals surface area (Å²) in [6.45, 7) is 2.09. The standard InChI is InChI=1S/C10H14ClNOS/c11-8-3-9(14-5-8)4-12-6-10(7-13)1-2-10/h3,5,12-13H,1-2,4,6-7H2. The van der Waals surface area contributed by atoms with Gasteiger partial charge in [-0.15, -0.1) is 11.3 Å². The number of aliphatic hydroxyl groups is 1. The van der Waals surface area contributed by atoms with Gasteiger partial charge < -0.3 is 10.4 Å². The predicted molar refractivity (Wildman–Crippen MR) is 59.8 cm³/mol. The van der Waals surface area contributed by atoms with Gasteiger partial charge in [-0.3, -0.25) is 0 Å². The minimum absolute atomic E-state index is 0.195. The van der Waals surface area contributed by atoms with Crippen LogP contribution >= 0.6 is 22.9 Å². The van der Waals surface area contributed by atoms with E-state index in [4.69, 9.17) is 16.7 Å². The largest absolute Gasteiger partial charge is 0.396 e. The van der Waals surface area contributed by atoms with Crippen molar-refractivity contribution in [1.29, 1.82) is 0 Å². The molecule has 78 valence electrons. The smallest absolute Gasteiger partial charge is 0.0516 e. The van der Waals surface area contributed by atoms with E-state index >= 15 is 0 Å². The zero-order valence-electron chi connectivity index (χ0n) is 7.92. The summed E-state index contributed by atoms with van der Waals surface area (Å²) in [7, 11) is 0. The summed E-state index contributed by atoms with van der Waals surface area (Å²) in [6, 6.07) is 1.98. The van der Waals surface area contributed by atoms with Gasteiger partial charge in [-0.25, -0.2) is 0 Å². The molecule has 0 aliphatic heterocycles. The summed E-state index contributed by atoms with van der Waals surface area (Å²) in [6.07, 6.45) is 2.31. The second-order valence-corrected chi connectivity index (χ2v) is 5.43. The molecule has 1 aliphatic rings. The van der Waals surface area contributed by atoms with Crippen LogP contribution < -0.4 is 5.32 Å². The van der Waals surface area contributed by atoms with Crippen molar-refractivity contribution in [2.24, 2.45) is 5.41 Å². The molecule has 1 saturated carbocycles. The van der Waals surface area contributed by atoms with E-state index in [0.29, 0.717) is 6.61 Å². The van der Waals surface area contributed by atoms with E-state index in [1.54, 1.807) is 11.3 Å². The van der Waals surface area contributed by atoms with E-state index in [9.17, 15) is 0 Å². The Morgan fingerprint density at radius 1 is 1.57 bits per heavy atom. The van der Waals surface area contributed by atoms with Crippen molar-refractivity contribution in [1.82, 2.24) is 5.32 Å². The third kappa shape index (κ3) is 2.48. The minimum Gasteiger partial charge on any atom is -0.396 e. The zero-order valence-corrected chi connectivity index (χ0v) is 9.50. The molecule has 0 spiro atoms. The van der Waals surface area contributed by atoms with Gasteiger partial charge in [0, 0.05) is 35.4 Å². The first-order valence-electron chi connectivity index (χ1n) is 4.79. The molecule has 1 aromatic rings. The lowest BCUT2D eigenvalue weighted by molar-refractivity contribution is 0.207. The second-order valence-electron chi connectivity index (χ2n) is 3.99. The quantitative estimate of drug-likeness (QED) is 0.815. The third-order valence-corrected chi connectivity index (χ3v) is 4.00. The molecular weight excluding hydrogens is 218 g/mol. The van der Waals surface area contributed by atoms with Crippen molar-refractivity contribution in [3.63, 3.8) is 0 Å². The number of nitrogens with one attached hydrogen (secondary N) is 1. The molecule has 0 amide bonds. The molecule has 0 unspecified atom stereocenters. The summed E-state index contributed by atoms with van der Waals surface area (Å²) in [4.78, 5) is 1.25. The lowest BCUT2D eigenvalue weighted by atomic mass is 10.1. The highest BCUT2D eigenvalue weighted by Crippen LogP contribution is 2.44. The molecule has 2 N–H and O–H groups in total. The molecule has 1 fully saturated rings. The first-order chi connectivity index (χ1) is 6.74. The Balaban J connectivity index is 1.73. The van der Waals surface area contributed by atoms with Gasteiger partial charge in [0.25, 0.3) is 0 Å². The van der Waals surface area contributed by atoms with Crippen LogP contribution in [-0.4, -0.2) is 18.3 Å². The topological polar surface area (TPSA) is 32.3 Å². The highest BCUT2D eigenvalue weighted by atomic mass is 35.5. The monoisotopic (exact) mass is 231 g/mol. The predicted octanol–water partition coefficient (Wildman–Crippen LogP) is 2.26. The number of thiophene rings is 1. The number of aliphatic hydroxyl groups excluding tert-OH is 1. The maximum atomic E-state index is 9.10. The van der Waals surface area contributed by atoms with Crippen molar-refractivity contribution in [3.8, 4) is 0 Å². The van der Waals surface area contributed by atoms with Crippen molar-refractivity contribution in [2.75, 3.05) is 13.2 Å². The third-order valence-electron chi connectivity index (χ3n) is 2.71. The summed E-state index contributed by atoms with van der Waals surface area (Å²) in [5, 5.41) is 15.2. The molecule has 1 aliphatic carbocycles. The molecule has 1 aromatic heterocycles. The van der Waals surface area contributed by atoms with Crippen LogP contribution in [0.5, 0.6) is 0 Å².